The maximum atomic E-state index is 11.4. The number of aliphatic hydroxyl groups excluding tert-OH is 2. The van der Waals surface area contributed by atoms with Crippen LogP contribution >= 0.6 is 0 Å². The molecule has 2 amide bonds. The lowest BCUT2D eigenvalue weighted by molar-refractivity contribution is -0.132. The summed E-state index contributed by atoms with van der Waals surface area (Å²) < 4.78 is 0. The van der Waals surface area contributed by atoms with Crippen LogP contribution in [0.4, 0.5) is 0 Å². The Morgan fingerprint density at radius 2 is 2.12 bits per heavy atom. The van der Waals surface area contributed by atoms with Crippen LogP contribution < -0.4 is 11.1 Å². The van der Waals surface area contributed by atoms with Crippen molar-refractivity contribution >= 4 is 11.8 Å². The number of aliphatic hydroxyl groups is 2. The van der Waals surface area contributed by atoms with Crippen molar-refractivity contribution in [1.29, 1.82) is 0 Å². The molecule has 1 heterocycles. The summed E-state index contributed by atoms with van der Waals surface area (Å²) in [6.07, 6.45) is -3.10. The molecule has 5 N–H and O–H groups in total. The lowest BCUT2D eigenvalue weighted by Crippen LogP contribution is -2.34. The Morgan fingerprint density at radius 1 is 1.41 bits per heavy atom. The fraction of sp³-hybridized carbons (Fsp3) is 0.273. The third kappa shape index (κ3) is 1.88. The van der Waals surface area contributed by atoms with Gasteiger partial charge in [-0.25, -0.2) is 0 Å². The quantitative estimate of drug-likeness (QED) is 0.528. The molecule has 0 radical (unpaired) electrons. The zero-order chi connectivity index (χ0) is 12.6. The molecule has 1 aromatic carbocycles. The SMILES string of the molecule is NC(=O)C(O)C(O)c1cccc2c1CNC2=O. The molecule has 0 bridgehead atoms. The molecular formula is C11H12N2O4. The molecule has 2 atom stereocenters. The Hall–Kier alpha value is -1.92. The summed E-state index contributed by atoms with van der Waals surface area (Å²) >= 11 is 0. The van der Waals surface area contributed by atoms with E-state index >= 15 is 0 Å². The first-order chi connectivity index (χ1) is 8.02. The number of carbonyl (C=O) groups is 2. The maximum Gasteiger partial charge on any atom is 0.251 e. The monoisotopic (exact) mass is 236 g/mol. The number of rotatable bonds is 3. The first kappa shape index (κ1) is 11.6. The van der Waals surface area contributed by atoms with Gasteiger partial charge in [0.1, 0.15) is 6.10 Å². The third-order valence-electron chi connectivity index (χ3n) is 2.79. The van der Waals surface area contributed by atoms with Crippen molar-refractivity contribution in [2.24, 2.45) is 5.73 Å². The van der Waals surface area contributed by atoms with Gasteiger partial charge in [0, 0.05) is 12.1 Å². The van der Waals surface area contributed by atoms with E-state index in [1.165, 1.54) is 0 Å². The first-order valence-corrected chi connectivity index (χ1v) is 5.08. The van der Waals surface area contributed by atoms with Crippen LogP contribution in [0.25, 0.3) is 0 Å². The number of hydrogen-bond acceptors (Lipinski definition) is 4. The zero-order valence-corrected chi connectivity index (χ0v) is 8.88. The normalized spacial score (nSPS) is 17.2. The summed E-state index contributed by atoms with van der Waals surface area (Å²) in [4.78, 5) is 22.2. The Bertz CT molecular complexity index is 486. The van der Waals surface area contributed by atoms with Gasteiger partial charge in [0.2, 0.25) is 5.91 Å². The topological polar surface area (TPSA) is 113 Å². The van der Waals surface area contributed by atoms with Crippen LogP contribution in [-0.4, -0.2) is 28.1 Å². The predicted molar refractivity (Wildman–Crippen MR) is 57.8 cm³/mol. The Balaban J connectivity index is 2.41. The van der Waals surface area contributed by atoms with Crippen LogP contribution in [0.2, 0.25) is 0 Å². The summed E-state index contributed by atoms with van der Waals surface area (Å²) in [5, 5.41) is 21.8. The molecule has 0 aromatic heterocycles. The minimum Gasteiger partial charge on any atom is -0.385 e. The summed E-state index contributed by atoms with van der Waals surface area (Å²) in [6.45, 7) is 0.271. The largest absolute Gasteiger partial charge is 0.385 e. The highest BCUT2D eigenvalue weighted by molar-refractivity contribution is 5.98. The molecule has 2 unspecified atom stereocenters. The Morgan fingerprint density at radius 3 is 2.76 bits per heavy atom. The van der Waals surface area contributed by atoms with E-state index in [1.807, 2.05) is 0 Å². The fourth-order valence-electron chi connectivity index (χ4n) is 1.88. The van der Waals surface area contributed by atoms with Gasteiger partial charge < -0.3 is 21.3 Å². The number of benzene rings is 1. The maximum absolute atomic E-state index is 11.4. The second kappa shape index (κ2) is 4.15. The van der Waals surface area contributed by atoms with Crippen molar-refractivity contribution in [2.75, 3.05) is 0 Å². The average Bonchev–Trinajstić information content (AvgIpc) is 2.69. The van der Waals surface area contributed by atoms with Crippen LogP contribution in [0.15, 0.2) is 18.2 Å². The number of amides is 2. The molecule has 0 spiro atoms. The van der Waals surface area contributed by atoms with Crippen LogP contribution in [0, 0.1) is 0 Å². The molecule has 0 saturated carbocycles. The molecule has 0 saturated heterocycles. The molecule has 1 aliphatic heterocycles. The number of nitrogens with two attached hydrogens (primary N) is 1. The summed E-state index contributed by atoms with van der Waals surface area (Å²) in [6, 6.07) is 4.75. The Labute approximate surface area is 97.1 Å². The number of hydrogen-bond donors (Lipinski definition) is 4. The van der Waals surface area contributed by atoms with Gasteiger partial charge in [0.05, 0.1) is 0 Å². The fourth-order valence-corrected chi connectivity index (χ4v) is 1.88. The van der Waals surface area contributed by atoms with Crippen molar-refractivity contribution in [3.63, 3.8) is 0 Å². The zero-order valence-electron chi connectivity index (χ0n) is 8.88. The van der Waals surface area contributed by atoms with E-state index in [4.69, 9.17) is 5.73 Å². The van der Waals surface area contributed by atoms with E-state index in [2.05, 4.69) is 5.32 Å². The average molecular weight is 236 g/mol. The van der Waals surface area contributed by atoms with Gasteiger partial charge in [-0.2, -0.15) is 0 Å². The molecule has 90 valence electrons. The van der Waals surface area contributed by atoms with Gasteiger partial charge >= 0.3 is 0 Å². The van der Waals surface area contributed by atoms with Crippen LogP contribution in [-0.2, 0) is 11.3 Å². The smallest absolute Gasteiger partial charge is 0.251 e. The number of nitrogens with one attached hydrogen (secondary N) is 1. The van der Waals surface area contributed by atoms with Gasteiger partial charge in [0.25, 0.3) is 5.91 Å². The molecule has 2 rings (SSSR count). The Kier molecular flexibility index (Phi) is 2.83. The molecule has 1 aliphatic rings. The van der Waals surface area contributed by atoms with Gasteiger partial charge in [0.15, 0.2) is 6.10 Å². The first-order valence-electron chi connectivity index (χ1n) is 5.08. The minimum atomic E-state index is -1.68. The number of primary amides is 1. The van der Waals surface area contributed by atoms with E-state index in [-0.39, 0.29) is 12.5 Å². The number of fused-ring (bicyclic) bond motifs is 1. The number of carbonyl (C=O) groups excluding carboxylic acids is 2. The van der Waals surface area contributed by atoms with Gasteiger partial charge in [-0.1, -0.05) is 12.1 Å². The van der Waals surface area contributed by atoms with E-state index in [0.717, 1.165) is 0 Å². The molecule has 6 heteroatoms. The van der Waals surface area contributed by atoms with E-state index < -0.39 is 18.1 Å². The van der Waals surface area contributed by atoms with Crippen molar-refractivity contribution in [2.45, 2.75) is 18.8 Å². The van der Waals surface area contributed by atoms with Gasteiger partial charge in [-0.15, -0.1) is 0 Å². The second-order valence-electron chi connectivity index (χ2n) is 3.85. The predicted octanol–water partition coefficient (Wildman–Crippen LogP) is -1.19. The molecular weight excluding hydrogens is 224 g/mol. The summed E-state index contributed by atoms with van der Waals surface area (Å²) in [5.74, 6) is -1.24. The highest BCUT2D eigenvalue weighted by Gasteiger charge is 2.29. The van der Waals surface area contributed by atoms with Crippen LogP contribution in [0.5, 0.6) is 0 Å². The highest BCUT2D eigenvalue weighted by atomic mass is 16.3. The van der Waals surface area contributed by atoms with Gasteiger partial charge in [-0.05, 0) is 17.2 Å². The third-order valence-corrected chi connectivity index (χ3v) is 2.79. The van der Waals surface area contributed by atoms with Crippen molar-refractivity contribution < 1.29 is 19.8 Å². The molecule has 0 aliphatic carbocycles. The summed E-state index contributed by atoms with van der Waals surface area (Å²) in [5.41, 5.74) is 6.29. The molecule has 6 nitrogen and oxygen atoms in total. The standard InChI is InChI=1S/C11H12N2O4/c12-10(16)9(15)8(14)5-2-1-3-6-7(5)4-13-11(6)17/h1-3,8-9,14-15H,4H2,(H2,12,16)(H,13,17). The van der Waals surface area contributed by atoms with Crippen molar-refractivity contribution in [3.8, 4) is 0 Å². The highest BCUT2D eigenvalue weighted by Crippen LogP contribution is 2.26. The second-order valence-corrected chi connectivity index (χ2v) is 3.85. The van der Waals surface area contributed by atoms with Crippen LogP contribution in [0.1, 0.15) is 27.6 Å². The molecule has 1 aromatic rings. The lowest BCUT2D eigenvalue weighted by Gasteiger charge is -2.17. The molecule has 17 heavy (non-hydrogen) atoms. The van der Waals surface area contributed by atoms with E-state index in [1.54, 1.807) is 18.2 Å². The van der Waals surface area contributed by atoms with E-state index in [9.17, 15) is 19.8 Å². The van der Waals surface area contributed by atoms with Gasteiger partial charge in [-0.3, -0.25) is 9.59 Å². The summed E-state index contributed by atoms with van der Waals surface area (Å²) in [7, 11) is 0. The van der Waals surface area contributed by atoms with E-state index in [0.29, 0.717) is 16.7 Å². The molecule has 0 fully saturated rings. The van der Waals surface area contributed by atoms with Crippen LogP contribution in [0.3, 0.4) is 0 Å². The van der Waals surface area contributed by atoms with Crippen molar-refractivity contribution in [1.82, 2.24) is 5.32 Å². The van der Waals surface area contributed by atoms with Crippen molar-refractivity contribution in [3.05, 3.63) is 34.9 Å². The minimum absolute atomic E-state index is 0.234. The lowest BCUT2D eigenvalue weighted by atomic mass is 9.96.